The van der Waals surface area contributed by atoms with Crippen LogP contribution >= 0.6 is 0 Å². The van der Waals surface area contributed by atoms with Crippen LogP contribution in [0, 0.1) is 5.41 Å². The van der Waals surface area contributed by atoms with Gasteiger partial charge in [0.2, 0.25) is 0 Å². The zero-order chi connectivity index (χ0) is 22.4. The Hall–Kier alpha value is -2.04. The largest absolute Gasteiger partial charge is 0.294 e. The minimum absolute atomic E-state index is 0.0721. The number of ketones is 1. The third kappa shape index (κ3) is 7.33. The Morgan fingerprint density at radius 1 is 0.933 bits per heavy atom. The van der Waals surface area contributed by atoms with Crippen molar-refractivity contribution in [2.45, 2.75) is 65.2 Å². The van der Waals surface area contributed by atoms with Crippen molar-refractivity contribution in [2.75, 3.05) is 0 Å². The summed E-state index contributed by atoms with van der Waals surface area (Å²) in [4.78, 5) is 13.4. The van der Waals surface area contributed by atoms with Gasteiger partial charge in [0, 0.05) is 17.0 Å². The summed E-state index contributed by atoms with van der Waals surface area (Å²) in [6.07, 6.45) is 3.44. The molecule has 1 unspecified atom stereocenters. The van der Waals surface area contributed by atoms with Crippen molar-refractivity contribution in [3.05, 3.63) is 77.4 Å². The third-order valence-electron chi connectivity index (χ3n) is 4.81. The summed E-state index contributed by atoms with van der Waals surface area (Å²) in [5.41, 5.74) is 2.32. The molecule has 0 aliphatic heterocycles. The SMILES string of the molecule is CC(C)(C)C(=O)/C(=C\c1ccccc1)[C@H](CCc1ccccc1)NS(=O)C(C)(C)C. The molecule has 0 saturated heterocycles. The van der Waals surface area contributed by atoms with Gasteiger partial charge in [0.05, 0.1) is 15.7 Å². The van der Waals surface area contributed by atoms with Crippen molar-refractivity contribution in [2.24, 2.45) is 5.41 Å². The van der Waals surface area contributed by atoms with Crippen LogP contribution in [0.15, 0.2) is 66.2 Å². The van der Waals surface area contributed by atoms with Crippen LogP contribution in [0.3, 0.4) is 0 Å². The molecule has 0 heterocycles. The van der Waals surface area contributed by atoms with Crippen LogP contribution in [0.1, 0.15) is 59.1 Å². The molecule has 0 bridgehead atoms. The highest BCUT2D eigenvalue weighted by atomic mass is 32.2. The molecule has 1 N–H and O–H groups in total. The first-order chi connectivity index (χ1) is 14.0. The highest BCUT2D eigenvalue weighted by Gasteiger charge is 2.32. The minimum Gasteiger partial charge on any atom is -0.294 e. The van der Waals surface area contributed by atoms with Crippen LogP contribution < -0.4 is 4.72 Å². The number of rotatable bonds is 8. The van der Waals surface area contributed by atoms with E-state index >= 15 is 0 Å². The molecule has 2 atom stereocenters. The van der Waals surface area contributed by atoms with E-state index in [2.05, 4.69) is 16.9 Å². The van der Waals surface area contributed by atoms with E-state index in [1.807, 2.05) is 96.1 Å². The molecule has 0 aliphatic carbocycles. The van der Waals surface area contributed by atoms with Gasteiger partial charge in [-0.25, -0.2) is 8.93 Å². The molecule has 0 aromatic heterocycles. The Balaban J connectivity index is 2.45. The van der Waals surface area contributed by atoms with E-state index in [4.69, 9.17) is 0 Å². The molecule has 2 aromatic carbocycles. The molecule has 0 saturated carbocycles. The Labute approximate surface area is 184 Å². The fourth-order valence-electron chi connectivity index (χ4n) is 3.03. The van der Waals surface area contributed by atoms with Gasteiger partial charge >= 0.3 is 0 Å². The molecule has 0 aliphatic rings. The topological polar surface area (TPSA) is 46.2 Å². The molecule has 4 heteroatoms. The standard InChI is InChI=1S/C26H35NO2S/c1-25(2,3)24(28)22(19-21-15-11-8-12-16-21)23(27-30(29)26(4,5)6)18-17-20-13-9-7-10-14-20/h7-16,19,23,27H,17-18H2,1-6H3/b22-19-/t23-,30?/m0/s1. The van der Waals surface area contributed by atoms with Crippen molar-refractivity contribution in [3.8, 4) is 0 Å². The number of Topliss-reactive ketones (excluding diaryl/α,β-unsaturated/α-hetero) is 1. The summed E-state index contributed by atoms with van der Waals surface area (Å²) in [6.45, 7) is 11.6. The number of carbonyl (C=O) groups is 1. The van der Waals surface area contributed by atoms with Crippen molar-refractivity contribution < 1.29 is 9.00 Å². The van der Waals surface area contributed by atoms with E-state index in [0.29, 0.717) is 12.0 Å². The Morgan fingerprint density at radius 3 is 1.97 bits per heavy atom. The highest BCUT2D eigenvalue weighted by Crippen LogP contribution is 2.27. The first-order valence-electron chi connectivity index (χ1n) is 10.5. The van der Waals surface area contributed by atoms with Gasteiger partial charge in [-0.1, -0.05) is 81.4 Å². The lowest BCUT2D eigenvalue weighted by Gasteiger charge is -2.29. The number of benzene rings is 2. The maximum Gasteiger partial charge on any atom is 0.165 e. The zero-order valence-electron chi connectivity index (χ0n) is 19.1. The average Bonchev–Trinajstić information content (AvgIpc) is 2.69. The Kier molecular flexibility index (Phi) is 8.34. The molecule has 0 spiro atoms. The number of hydrogen-bond donors (Lipinski definition) is 1. The summed E-state index contributed by atoms with van der Waals surface area (Å²) >= 11 is 0. The molecule has 30 heavy (non-hydrogen) atoms. The lowest BCUT2D eigenvalue weighted by molar-refractivity contribution is -0.122. The first kappa shape index (κ1) is 24.2. The molecule has 3 nitrogen and oxygen atoms in total. The third-order valence-corrected chi connectivity index (χ3v) is 6.42. The van der Waals surface area contributed by atoms with Crippen LogP contribution in [-0.4, -0.2) is 20.8 Å². The zero-order valence-corrected chi connectivity index (χ0v) is 19.9. The Morgan fingerprint density at radius 2 is 1.47 bits per heavy atom. The van der Waals surface area contributed by atoms with E-state index in [1.54, 1.807) is 0 Å². The summed E-state index contributed by atoms with van der Waals surface area (Å²) in [7, 11) is -1.29. The predicted molar refractivity (Wildman–Crippen MR) is 128 cm³/mol. The quantitative estimate of drug-likeness (QED) is 0.548. The first-order valence-corrected chi connectivity index (χ1v) is 11.7. The molecular weight excluding hydrogens is 390 g/mol. The lowest BCUT2D eigenvalue weighted by Crippen LogP contribution is -2.43. The van der Waals surface area contributed by atoms with Crippen LogP contribution in [0.2, 0.25) is 0 Å². The van der Waals surface area contributed by atoms with Gasteiger partial charge in [-0.3, -0.25) is 4.79 Å². The van der Waals surface area contributed by atoms with E-state index in [1.165, 1.54) is 5.56 Å². The second-order valence-electron chi connectivity index (χ2n) is 9.67. The monoisotopic (exact) mass is 425 g/mol. The van der Waals surface area contributed by atoms with Gasteiger partial charge in [-0.2, -0.15) is 0 Å². The van der Waals surface area contributed by atoms with Gasteiger partial charge < -0.3 is 0 Å². The lowest BCUT2D eigenvalue weighted by atomic mass is 9.82. The number of nitrogens with one attached hydrogen (secondary N) is 1. The fraction of sp³-hybridized carbons (Fsp3) is 0.423. The van der Waals surface area contributed by atoms with E-state index < -0.39 is 21.1 Å². The summed E-state index contributed by atoms with van der Waals surface area (Å²) in [5.74, 6) is 0.0721. The number of aryl methyl sites for hydroxylation is 1. The fourth-order valence-corrected chi connectivity index (χ4v) is 3.88. The van der Waals surface area contributed by atoms with Gasteiger partial charge in [0.15, 0.2) is 5.78 Å². The van der Waals surface area contributed by atoms with E-state index in [9.17, 15) is 9.00 Å². The van der Waals surface area contributed by atoms with Crippen molar-refractivity contribution >= 4 is 22.8 Å². The molecule has 0 fully saturated rings. The summed E-state index contributed by atoms with van der Waals surface area (Å²) < 4.78 is 15.8. The number of hydrogen-bond acceptors (Lipinski definition) is 2. The van der Waals surface area contributed by atoms with Gasteiger partial charge in [-0.15, -0.1) is 0 Å². The Bertz CT molecular complexity index is 875. The molecule has 162 valence electrons. The summed E-state index contributed by atoms with van der Waals surface area (Å²) in [6, 6.07) is 19.8. The van der Waals surface area contributed by atoms with Crippen LogP contribution in [-0.2, 0) is 22.2 Å². The number of carbonyl (C=O) groups excluding carboxylic acids is 1. The second kappa shape index (κ2) is 10.3. The maximum absolute atomic E-state index is 13.4. The molecule has 0 radical (unpaired) electrons. The van der Waals surface area contributed by atoms with Gasteiger partial charge in [0.25, 0.3) is 0 Å². The van der Waals surface area contributed by atoms with Crippen molar-refractivity contribution in [1.29, 1.82) is 0 Å². The van der Waals surface area contributed by atoms with Gasteiger partial charge in [-0.05, 0) is 50.8 Å². The second-order valence-corrected chi connectivity index (χ2v) is 11.7. The molecule has 0 amide bonds. The maximum atomic E-state index is 13.4. The van der Waals surface area contributed by atoms with Crippen LogP contribution in [0.4, 0.5) is 0 Å². The van der Waals surface area contributed by atoms with Gasteiger partial charge in [0.1, 0.15) is 0 Å². The average molecular weight is 426 g/mol. The normalized spacial score (nSPS) is 14.9. The predicted octanol–water partition coefficient (Wildman–Crippen LogP) is 5.74. The molecule has 2 aromatic rings. The van der Waals surface area contributed by atoms with E-state index in [0.717, 1.165) is 12.0 Å². The smallest absolute Gasteiger partial charge is 0.165 e. The van der Waals surface area contributed by atoms with E-state index in [-0.39, 0.29) is 11.8 Å². The minimum atomic E-state index is -1.29. The summed E-state index contributed by atoms with van der Waals surface area (Å²) in [5, 5.41) is 0. The van der Waals surface area contributed by atoms with Crippen LogP contribution in [0.25, 0.3) is 6.08 Å². The molecular formula is C26H35NO2S. The van der Waals surface area contributed by atoms with Crippen molar-refractivity contribution in [3.63, 3.8) is 0 Å². The van der Waals surface area contributed by atoms with Crippen molar-refractivity contribution in [1.82, 2.24) is 4.72 Å². The van der Waals surface area contributed by atoms with Crippen LogP contribution in [0.5, 0.6) is 0 Å². The highest BCUT2D eigenvalue weighted by molar-refractivity contribution is 7.84. The molecule has 2 rings (SSSR count).